The molecule has 3 rings (SSSR count). The van der Waals surface area contributed by atoms with Gasteiger partial charge in [-0.15, -0.1) is 10.2 Å². The Hall–Kier alpha value is -2.30. The molecule has 1 aliphatic carbocycles. The third kappa shape index (κ3) is 4.18. The van der Waals surface area contributed by atoms with Gasteiger partial charge in [-0.05, 0) is 31.9 Å². The highest BCUT2D eigenvalue weighted by Gasteiger charge is 2.26. The number of carbonyl (C=O) groups is 1. The van der Waals surface area contributed by atoms with Crippen LogP contribution in [0.25, 0.3) is 11.4 Å². The summed E-state index contributed by atoms with van der Waals surface area (Å²) >= 11 is 7.65. The number of ketones is 1. The van der Waals surface area contributed by atoms with Crippen LogP contribution in [0.2, 0.25) is 5.02 Å². The molecule has 2 aromatic rings. The first-order chi connectivity index (χ1) is 13.0. The fraction of sp³-hybridized carbons (Fsp3) is 0.368. The summed E-state index contributed by atoms with van der Waals surface area (Å²) < 4.78 is 2.09. The van der Waals surface area contributed by atoms with Crippen molar-refractivity contribution in [1.82, 2.24) is 14.8 Å². The molecule has 0 radical (unpaired) electrons. The predicted molar refractivity (Wildman–Crippen MR) is 106 cm³/mol. The Kier molecular flexibility index (Phi) is 6.19. The van der Waals surface area contributed by atoms with E-state index in [0.717, 1.165) is 31.2 Å². The number of benzene rings is 1. The Morgan fingerprint density at radius 1 is 1.37 bits per heavy atom. The lowest BCUT2D eigenvalue weighted by atomic mass is 10.2. The van der Waals surface area contributed by atoms with Crippen LogP contribution >= 0.6 is 23.4 Å². The zero-order chi connectivity index (χ0) is 19.4. The van der Waals surface area contributed by atoms with Crippen molar-refractivity contribution in [3.8, 4) is 17.5 Å². The zero-order valence-corrected chi connectivity index (χ0v) is 16.6. The van der Waals surface area contributed by atoms with E-state index in [1.165, 1.54) is 11.8 Å². The first-order valence-corrected chi connectivity index (χ1v) is 10.1. The van der Waals surface area contributed by atoms with Crippen molar-refractivity contribution in [3.05, 3.63) is 40.6 Å². The van der Waals surface area contributed by atoms with Gasteiger partial charge in [0.05, 0.1) is 10.8 Å². The summed E-state index contributed by atoms with van der Waals surface area (Å²) in [7, 11) is 0. The van der Waals surface area contributed by atoms with Crippen molar-refractivity contribution in [3.63, 3.8) is 0 Å². The van der Waals surface area contributed by atoms with Gasteiger partial charge in [-0.3, -0.25) is 9.36 Å². The first kappa shape index (κ1) is 19.5. The molecule has 0 atom stereocenters. The number of Topliss-reactive ketones (excluding diaryl/α,β-unsaturated/α-hetero) is 1. The summed E-state index contributed by atoms with van der Waals surface area (Å²) in [4.78, 5) is 12.3. The monoisotopic (exact) mass is 401 g/mol. The predicted octanol–water partition coefficient (Wildman–Crippen LogP) is 4.13. The zero-order valence-electron chi connectivity index (χ0n) is 15.0. The van der Waals surface area contributed by atoms with Crippen molar-refractivity contribution in [2.24, 2.45) is 5.73 Å². The summed E-state index contributed by atoms with van der Waals surface area (Å²) in [5, 5.41) is 19.1. The molecule has 0 amide bonds. The number of rotatable bonds is 6. The SMILES string of the molecule is CC(N)=C(C#N)C(=O)CSc1nnc(-c2ccccc2Cl)n1C1CCCC1. The van der Waals surface area contributed by atoms with Crippen LogP contribution in [0.1, 0.15) is 38.6 Å². The standard InChI is InChI=1S/C19H20ClN5OS/c1-12(22)15(10-21)17(26)11-27-19-24-23-18(14-8-4-5-9-16(14)20)25(19)13-6-2-3-7-13/h4-5,8-9,13H,2-3,6-7,11,22H2,1H3. The van der Waals surface area contributed by atoms with Crippen LogP contribution in [0.4, 0.5) is 0 Å². The van der Waals surface area contributed by atoms with E-state index in [1.54, 1.807) is 6.92 Å². The first-order valence-electron chi connectivity index (χ1n) is 8.75. The summed E-state index contributed by atoms with van der Waals surface area (Å²) in [5.41, 5.74) is 6.68. The molecule has 6 nitrogen and oxygen atoms in total. The van der Waals surface area contributed by atoms with E-state index in [2.05, 4.69) is 14.8 Å². The van der Waals surface area contributed by atoms with Crippen LogP contribution in [0.5, 0.6) is 0 Å². The smallest absolute Gasteiger partial charge is 0.192 e. The van der Waals surface area contributed by atoms with Gasteiger partial charge in [-0.25, -0.2) is 0 Å². The average Bonchev–Trinajstić information content (AvgIpc) is 3.30. The minimum atomic E-state index is -0.303. The van der Waals surface area contributed by atoms with Crippen molar-refractivity contribution in [1.29, 1.82) is 5.26 Å². The minimum Gasteiger partial charge on any atom is -0.401 e. The fourth-order valence-corrected chi connectivity index (χ4v) is 4.36. The molecule has 0 saturated heterocycles. The molecule has 1 aromatic heterocycles. The number of allylic oxidation sites excluding steroid dienone is 2. The van der Waals surface area contributed by atoms with Gasteiger partial charge >= 0.3 is 0 Å². The Bertz CT molecular complexity index is 920. The molecule has 1 aliphatic rings. The van der Waals surface area contributed by atoms with Gasteiger partial charge in [0.2, 0.25) is 0 Å². The maximum absolute atomic E-state index is 12.3. The minimum absolute atomic E-state index is 0.000703. The molecule has 0 aliphatic heterocycles. The highest BCUT2D eigenvalue weighted by molar-refractivity contribution is 7.99. The highest BCUT2D eigenvalue weighted by atomic mass is 35.5. The molecule has 1 heterocycles. The average molecular weight is 402 g/mol. The molecule has 140 valence electrons. The van der Waals surface area contributed by atoms with Crippen LogP contribution < -0.4 is 5.73 Å². The quantitative estimate of drug-likeness (QED) is 0.444. The largest absolute Gasteiger partial charge is 0.401 e. The number of hydrogen-bond acceptors (Lipinski definition) is 6. The summed E-state index contributed by atoms with van der Waals surface area (Å²) in [5.74, 6) is 0.501. The van der Waals surface area contributed by atoms with Crippen molar-refractivity contribution < 1.29 is 4.79 Å². The molecule has 1 fully saturated rings. The van der Waals surface area contributed by atoms with Gasteiger partial charge < -0.3 is 5.73 Å². The number of nitrogens with zero attached hydrogens (tertiary/aromatic N) is 4. The van der Waals surface area contributed by atoms with Gasteiger partial charge in [0.15, 0.2) is 16.8 Å². The van der Waals surface area contributed by atoms with Crippen molar-refractivity contribution in [2.45, 2.75) is 43.8 Å². The lowest BCUT2D eigenvalue weighted by Gasteiger charge is -2.17. The van der Waals surface area contributed by atoms with Crippen LogP contribution in [-0.4, -0.2) is 26.3 Å². The third-order valence-corrected chi connectivity index (χ3v) is 5.86. The van der Waals surface area contributed by atoms with Gasteiger partial charge in [-0.2, -0.15) is 5.26 Å². The summed E-state index contributed by atoms with van der Waals surface area (Å²) in [6.45, 7) is 1.55. The summed E-state index contributed by atoms with van der Waals surface area (Å²) in [6.07, 6.45) is 4.40. The second-order valence-corrected chi connectivity index (χ2v) is 7.83. The number of aromatic nitrogens is 3. The van der Waals surface area contributed by atoms with E-state index in [9.17, 15) is 4.79 Å². The lowest BCUT2D eigenvalue weighted by Crippen LogP contribution is -2.12. The molecule has 0 bridgehead atoms. The number of halogens is 1. The molecule has 1 aromatic carbocycles. The van der Waals surface area contributed by atoms with Gasteiger partial charge in [0.1, 0.15) is 11.6 Å². The molecular formula is C19H20ClN5OS. The Morgan fingerprint density at radius 3 is 2.70 bits per heavy atom. The van der Waals surface area contributed by atoms with E-state index >= 15 is 0 Å². The van der Waals surface area contributed by atoms with Crippen molar-refractivity contribution >= 4 is 29.1 Å². The molecule has 8 heteroatoms. The van der Waals surface area contributed by atoms with Crippen LogP contribution in [0.3, 0.4) is 0 Å². The highest BCUT2D eigenvalue weighted by Crippen LogP contribution is 2.38. The Balaban J connectivity index is 1.92. The number of carbonyl (C=O) groups excluding carboxylic acids is 1. The second kappa shape index (κ2) is 8.59. The number of nitriles is 1. The van der Waals surface area contributed by atoms with Crippen LogP contribution in [-0.2, 0) is 4.79 Å². The Labute approximate surface area is 167 Å². The topological polar surface area (TPSA) is 97.6 Å². The normalized spacial score (nSPS) is 15.4. The van der Waals surface area contributed by atoms with E-state index < -0.39 is 0 Å². The summed E-state index contributed by atoms with van der Waals surface area (Å²) in [6, 6.07) is 9.70. The number of nitrogens with two attached hydrogens (primary N) is 1. The fourth-order valence-electron chi connectivity index (χ4n) is 3.27. The molecule has 2 N–H and O–H groups in total. The van der Waals surface area contributed by atoms with E-state index in [-0.39, 0.29) is 28.8 Å². The number of thioether (sulfide) groups is 1. The van der Waals surface area contributed by atoms with E-state index in [1.807, 2.05) is 30.3 Å². The van der Waals surface area contributed by atoms with Gasteiger partial charge in [0.25, 0.3) is 0 Å². The number of hydrogen-bond donors (Lipinski definition) is 1. The molecule has 27 heavy (non-hydrogen) atoms. The van der Waals surface area contributed by atoms with E-state index in [0.29, 0.717) is 16.0 Å². The third-order valence-electron chi connectivity index (χ3n) is 4.59. The molecule has 0 unspecified atom stereocenters. The van der Waals surface area contributed by atoms with Crippen LogP contribution in [0.15, 0.2) is 40.7 Å². The van der Waals surface area contributed by atoms with Gasteiger partial charge in [0, 0.05) is 17.3 Å². The van der Waals surface area contributed by atoms with Crippen LogP contribution in [0, 0.1) is 11.3 Å². The molecule has 0 spiro atoms. The molecule has 1 saturated carbocycles. The maximum Gasteiger partial charge on any atom is 0.192 e. The lowest BCUT2D eigenvalue weighted by molar-refractivity contribution is -0.112. The maximum atomic E-state index is 12.3. The van der Waals surface area contributed by atoms with Gasteiger partial charge in [-0.1, -0.05) is 48.3 Å². The second-order valence-electron chi connectivity index (χ2n) is 6.48. The Morgan fingerprint density at radius 2 is 2.07 bits per heavy atom. The molecular weight excluding hydrogens is 382 g/mol. The van der Waals surface area contributed by atoms with Crippen molar-refractivity contribution in [2.75, 3.05) is 5.75 Å². The van der Waals surface area contributed by atoms with E-state index in [4.69, 9.17) is 22.6 Å².